The highest BCUT2D eigenvalue weighted by Crippen LogP contribution is 2.34. The van der Waals surface area contributed by atoms with Crippen LogP contribution in [0.25, 0.3) is 0 Å². The van der Waals surface area contributed by atoms with E-state index in [0.29, 0.717) is 17.1 Å². The molecule has 0 atom stereocenters. The molecule has 0 radical (unpaired) electrons. The minimum atomic E-state index is -0.276. The molecule has 4 nitrogen and oxygen atoms in total. The van der Waals surface area contributed by atoms with Gasteiger partial charge in [0, 0.05) is 29.7 Å². The molecular formula is C19H24BrFN2O2. The van der Waals surface area contributed by atoms with Gasteiger partial charge in [0.15, 0.2) is 11.5 Å². The predicted molar refractivity (Wildman–Crippen MR) is 102 cm³/mol. The molecule has 0 unspecified atom stereocenters. The molecule has 2 rings (SSSR count). The van der Waals surface area contributed by atoms with Crippen molar-refractivity contribution in [3.05, 3.63) is 57.8 Å². The largest absolute Gasteiger partial charge is 0.493 e. The third-order valence-electron chi connectivity index (χ3n) is 3.72. The topological polar surface area (TPSA) is 33.7 Å². The number of benzene rings is 2. The minimum absolute atomic E-state index is 0.149. The third-order valence-corrected chi connectivity index (χ3v) is 4.46. The molecule has 0 fully saturated rings. The lowest BCUT2D eigenvalue weighted by atomic mass is 10.2. The Bertz CT molecular complexity index is 695. The van der Waals surface area contributed by atoms with E-state index in [9.17, 15) is 4.39 Å². The second-order valence-corrected chi connectivity index (χ2v) is 6.81. The third kappa shape index (κ3) is 5.99. The van der Waals surface area contributed by atoms with Crippen LogP contribution in [-0.2, 0) is 13.2 Å². The van der Waals surface area contributed by atoms with Gasteiger partial charge in [-0.2, -0.15) is 0 Å². The van der Waals surface area contributed by atoms with E-state index in [1.165, 1.54) is 6.07 Å². The molecule has 0 bridgehead atoms. The quantitative estimate of drug-likeness (QED) is 0.636. The molecule has 0 aliphatic carbocycles. The fraction of sp³-hybridized carbons (Fsp3) is 0.368. The molecule has 0 aromatic heterocycles. The van der Waals surface area contributed by atoms with Crippen molar-refractivity contribution in [2.45, 2.75) is 13.2 Å². The van der Waals surface area contributed by atoms with Crippen molar-refractivity contribution >= 4 is 15.9 Å². The Morgan fingerprint density at radius 3 is 2.56 bits per heavy atom. The summed E-state index contributed by atoms with van der Waals surface area (Å²) in [7, 11) is 5.69. The van der Waals surface area contributed by atoms with Gasteiger partial charge < -0.3 is 19.7 Å². The smallest absolute Gasteiger partial charge is 0.162 e. The number of ether oxygens (including phenoxy) is 2. The van der Waals surface area contributed by atoms with Crippen molar-refractivity contribution in [1.29, 1.82) is 0 Å². The second kappa shape index (κ2) is 9.75. The summed E-state index contributed by atoms with van der Waals surface area (Å²) < 4.78 is 25.8. The van der Waals surface area contributed by atoms with Crippen molar-refractivity contribution < 1.29 is 13.9 Å². The predicted octanol–water partition coefficient (Wildman–Crippen LogP) is 3.83. The van der Waals surface area contributed by atoms with Crippen LogP contribution in [0.1, 0.15) is 11.1 Å². The fourth-order valence-electron chi connectivity index (χ4n) is 2.28. The van der Waals surface area contributed by atoms with Gasteiger partial charge >= 0.3 is 0 Å². The van der Waals surface area contributed by atoms with E-state index in [2.05, 4.69) is 26.1 Å². The summed E-state index contributed by atoms with van der Waals surface area (Å²) in [5.41, 5.74) is 1.59. The van der Waals surface area contributed by atoms with Crippen molar-refractivity contribution in [2.24, 2.45) is 0 Å². The first-order chi connectivity index (χ1) is 12.0. The molecule has 0 saturated carbocycles. The Morgan fingerprint density at radius 1 is 1.12 bits per heavy atom. The molecular weight excluding hydrogens is 387 g/mol. The molecule has 1 N–H and O–H groups in total. The van der Waals surface area contributed by atoms with Gasteiger partial charge in [0.2, 0.25) is 0 Å². The van der Waals surface area contributed by atoms with Gasteiger partial charge in [-0.3, -0.25) is 0 Å². The lowest BCUT2D eigenvalue weighted by molar-refractivity contribution is 0.279. The maximum atomic E-state index is 13.7. The molecule has 0 saturated heterocycles. The highest BCUT2D eigenvalue weighted by Gasteiger charge is 2.11. The number of rotatable bonds is 9. The van der Waals surface area contributed by atoms with Gasteiger partial charge in [-0.1, -0.05) is 34.1 Å². The van der Waals surface area contributed by atoms with Gasteiger partial charge in [0.05, 0.1) is 7.11 Å². The van der Waals surface area contributed by atoms with Crippen LogP contribution in [0.3, 0.4) is 0 Å². The second-order valence-electron chi connectivity index (χ2n) is 5.95. The van der Waals surface area contributed by atoms with E-state index in [4.69, 9.17) is 9.47 Å². The average molecular weight is 411 g/mol. The summed E-state index contributed by atoms with van der Waals surface area (Å²) in [5.74, 6) is 0.931. The lowest BCUT2D eigenvalue weighted by Gasteiger charge is -2.15. The van der Waals surface area contributed by atoms with Crippen LogP contribution < -0.4 is 14.8 Å². The Balaban J connectivity index is 2.04. The Kier molecular flexibility index (Phi) is 7.68. The van der Waals surface area contributed by atoms with Crippen LogP contribution in [0.4, 0.5) is 4.39 Å². The summed E-state index contributed by atoms with van der Waals surface area (Å²) in [6.07, 6.45) is 0. The minimum Gasteiger partial charge on any atom is -0.493 e. The molecule has 0 spiro atoms. The summed E-state index contributed by atoms with van der Waals surface area (Å²) in [6, 6.07) is 10.4. The highest BCUT2D eigenvalue weighted by molar-refractivity contribution is 9.10. The number of nitrogens with one attached hydrogen (secondary N) is 1. The van der Waals surface area contributed by atoms with E-state index in [-0.39, 0.29) is 12.4 Å². The van der Waals surface area contributed by atoms with Crippen LogP contribution in [0.2, 0.25) is 0 Å². The normalized spacial score (nSPS) is 11.0. The highest BCUT2D eigenvalue weighted by atomic mass is 79.9. The molecule has 136 valence electrons. The number of hydrogen-bond acceptors (Lipinski definition) is 4. The Labute approximate surface area is 157 Å². The standard InChI is InChI=1S/C19H24BrFN2O2/c1-23(2)9-8-22-12-15-10-18(24-3)19(11-16(15)20)25-13-14-6-4-5-7-17(14)21/h4-7,10-11,22H,8-9,12-13H2,1-3H3. The zero-order valence-corrected chi connectivity index (χ0v) is 16.4. The van der Waals surface area contributed by atoms with E-state index in [1.807, 2.05) is 26.2 Å². The monoisotopic (exact) mass is 410 g/mol. The number of hydrogen-bond donors (Lipinski definition) is 1. The van der Waals surface area contributed by atoms with Crippen LogP contribution >= 0.6 is 15.9 Å². The molecule has 0 heterocycles. The Morgan fingerprint density at radius 2 is 1.88 bits per heavy atom. The van der Waals surface area contributed by atoms with Gasteiger partial charge in [0.25, 0.3) is 0 Å². The molecule has 6 heteroatoms. The zero-order valence-electron chi connectivity index (χ0n) is 14.8. The number of nitrogens with zero attached hydrogens (tertiary/aromatic N) is 1. The maximum Gasteiger partial charge on any atom is 0.162 e. The molecule has 0 aliphatic rings. The van der Waals surface area contributed by atoms with Crippen molar-refractivity contribution in [2.75, 3.05) is 34.3 Å². The van der Waals surface area contributed by atoms with E-state index >= 15 is 0 Å². The van der Waals surface area contributed by atoms with Crippen molar-refractivity contribution in [3.8, 4) is 11.5 Å². The fourth-order valence-corrected chi connectivity index (χ4v) is 2.74. The molecule has 2 aromatic carbocycles. The van der Waals surface area contributed by atoms with E-state index < -0.39 is 0 Å². The van der Waals surface area contributed by atoms with E-state index in [0.717, 1.165) is 29.7 Å². The van der Waals surface area contributed by atoms with Crippen LogP contribution in [0.15, 0.2) is 40.9 Å². The SMILES string of the molecule is COc1cc(CNCCN(C)C)c(Br)cc1OCc1ccccc1F. The maximum absolute atomic E-state index is 13.7. The van der Waals surface area contributed by atoms with Gasteiger partial charge in [0.1, 0.15) is 12.4 Å². The number of likely N-dealkylation sites (N-methyl/N-ethyl adjacent to an activating group) is 1. The first-order valence-corrected chi connectivity index (χ1v) is 8.88. The van der Waals surface area contributed by atoms with Crippen LogP contribution in [0, 0.1) is 5.82 Å². The Hall–Kier alpha value is -1.63. The van der Waals surface area contributed by atoms with Crippen LogP contribution in [0.5, 0.6) is 11.5 Å². The van der Waals surface area contributed by atoms with Gasteiger partial charge in [-0.15, -0.1) is 0 Å². The first-order valence-electron chi connectivity index (χ1n) is 8.09. The number of halogens is 2. The summed E-state index contributed by atoms with van der Waals surface area (Å²) in [4.78, 5) is 2.13. The van der Waals surface area contributed by atoms with Crippen molar-refractivity contribution in [3.63, 3.8) is 0 Å². The molecule has 2 aromatic rings. The molecule has 25 heavy (non-hydrogen) atoms. The summed E-state index contributed by atoms with van der Waals surface area (Å²) in [5, 5.41) is 3.39. The lowest BCUT2D eigenvalue weighted by Crippen LogP contribution is -2.26. The van der Waals surface area contributed by atoms with Gasteiger partial charge in [-0.05, 0) is 37.9 Å². The summed E-state index contributed by atoms with van der Waals surface area (Å²) >= 11 is 3.57. The van der Waals surface area contributed by atoms with Crippen LogP contribution in [-0.4, -0.2) is 39.2 Å². The van der Waals surface area contributed by atoms with Crippen molar-refractivity contribution in [1.82, 2.24) is 10.2 Å². The first kappa shape index (κ1) is 19.7. The molecule has 0 aliphatic heterocycles. The van der Waals surface area contributed by atoms with E-state index in [1.54, 1.807) is 25.3 Å². The zero-order chi connectivity index (χ0) is 18.2. The van der Waals surface area contributed by atoms with Gasteiger partial charge in [-0.25, -0.2) is 4.39 Å². The average Bonchev–Trinajstić information content (AvgIpc) is 2.59. The molecule has 0 amide bonds. The summed E-state index contributed by atoms with van der Waals surface area (Å²) in [6.45, 7) is 2.74. The number of methoxy groups -OCH3 is 1.